The maximum absolute atomic E-state index is 12.6. The van der Waals surface area contributed by atoms with Crippen LogP contribution in [0.3, 0.4) is 0 Å². The predicted molar refractivity (Wildman–Crippen MR) is 119 cm³/mol. The van der Waals surface area contributed by atoms with Crippen molar-refractivity contribution in [3.8, 4) is 0 Å². The fraction of sp³-hybridized carbons (Fsp3) is 0.280. The molecule has 1 aliphatic heterocycles. The average Bonchev–Trinajstić information content (AvgIpc) is 3.21. The number of imide groups is 1. The number of unbranched alkanes of at least 4 members (excludes halogenated alkanes) is 1. The topological polar surface area (TPSA) is 81.5 Å². The third-order valence-corrected chi connectivity index (χ3v) is 5.65. The third kappa shape index (κ3) is 4.19. The summed E-state index contributed by atoms with van der Waals surface area (Å²) in [6.07, 6.45) is 1.11. The van der Waals surface area contributed by atoms with Crippen molar-refractivity contribution in [1.29, 1.82) is 0 Å². The van der Waals surface area contributed by atoms with Gasteiger partial charge in [-0.2, -0.15) is 5.10 Å². The van der Waals surface area contributed by atoms with Crippen LogP contribution < -0.4 is 0 Å². The Labute approximate surface area is 186 Å². The molecule has 0 saturated heterocycles. The molecule has 0 N–H and O–H groups in total. The quantitative estimate of drug-likeness (QED) is 0.308. The maximum atomic E-state index is 12.6. The van der Waals surface area contributed by atoms with Crippen LogP contribution in [0.4, 0.5) is 0 Å². The van der Waals surface area contributed by atoms with Gasteiger partial charge in [0, 0.05) is 6.54 Å². The number of nitrogens with zero attached hydrogens (tertiary/aromatic N) is 3. The summed E-state index contributed by atoms with van der Waals surface area (Å²) >= 11 is 0. The zero-order valence-corrected chi connectivity index (χ0v) is 18.2. The number of aromatic nitrogens is 2. The second-order valence-electron chi connectivity index (χ2n) is 7.84. The minimum Gasteiger partial charge on any atom is -0.462 e. The molecule has 32 heavy (non-hydrogen) atoms. The van der Waals surface area contributed by atoms with E-state index >= 15 is 0 Å². The van der Waals surface area contributed by atoms with Crippen LogP contribution in [0.2, 0.25) is 0 Å². The van der Waals surface area contributed by atoms with Crippen molar-refractivity contribution in [2.75, 3.05) is 13.2 Å². The Hall–Kier alpha value is -3.74. The average molecular weight is 431 g/mol. The zero-order chi connectivity index (χ0) is 22.7. The van der Waals surface area contributed by atoms with Gasteiger partial charge in [-0.05, 0) is 44.4 Å². The van der Waals surface area contributed by atoms with E-state index in [-0.39, 0.29) is 18.4 Å². The van der Waals surface area contributed by atoms with Crippen molar-refractivity contribution in [3.05, 3.63) is 88.2 Å². The standard InChI is InChI=1S/C25H25N3O4/c1-17-22(18(2)28(26-17)16-19-10-4-3-5-11-19)25(31)32-15-9-8-14-27-23(29)20-12-6-7-13-21(20)24(27)30/h3-7,10-13H,8-9,14-16H2,1-2H3. The van der Waals surface area contributed by atoms with Gasteiger partial charge in [-0.25, -0.2) is 4.79 Å². The third-order valence-electron chi connectivity index (χ3n) is 5.65. The monoisotopic (exact) mass is 431 g/mol. The second kappa shape index (κ2) is 9.18. The number of aryl methyl sites for hydroxylation is 1. The van der Waals surface area contributed by atoms with E-state index < -0.39 is 5.97 Å². The smallest absolute Gasteiger partial charge is 0.341 e. The first-order chi connectivity index (χ1) is 15.5. The Balaban J connectivity index is 1.28. The Morgan fingerprint density at radius 1 is 0.906 bits per heavy atom. The van der Waals surface area contributed by atoms with E-state index in [0.29, 0.717) is 48.3 Å². The Morgan fingerprint density at radius 2 is 1.53 bits per heavy atom. The molecule has 2 aromatic carbocycles. The van der Waals surface area contributed by atoms with Crippen LogP contribution in [0, 0.1) is 13.8 Å². The lowest BCUT2D eigenvalue weighted by molar-refractivity contribution is 0.0484. The lowest BCUT2D eigenvalue weighted by atomic mass is 10.1. The molecule has 1 aliphatic rings. The van der Waals surface area contributed by atoms with Gasteiger partial charge < -0.3 is 4.74 Å². The van der Waals surface area contributed by atoms with E-state index in [1.807, 2.05) is 41.9 Å². The van der Waals surface area contributed by atoms with Crippen LogP contribution >= 0.6 is 0 Å². The van der Waals surface area contributed by atoms with Crippen molar-refractivity contribution < 1.29 is 19.1 Å². The summed E-state index contributed by atoms with van der Waals surface area (Å²) in [5.74, 6) is -0.931. The molecular weight excluding hydrogens is 406 g/mol. The highest BCUT2D eigenvalue weighted by atomic mass is 16.5. The molecule has 164 valence electrons. The van der Waals surface area contributed by atoms with E-state index in [0.717, 1.165) is 11.3 Å². The summed E-state index contributed by atoms with van der Waals surface area (Å²) in [5.41, 5.74) is 3.88. The zero-order valence-electron chi connectivity index (χ0n) is 18.2. The highest BCUT2D eigenvalue weighted by Gasteiger charge is 2.34. The highest BCUT2D eigenvalue weighted by molar-refractivity contribution is 6.21. The van der Waals surface area contributed by atoms with E-state index in [1.54, 1.807) is 31.2 Å². The van der Waals surface area contributed by atoms with Crippen LogP contribution in [-0.4, -0.2) is 45.6 Å². The Bertz CT molecular complexity index is 1130. The Kier molecular flexibility index (Phi) is 6.16. The number of rotatable bonds is 8. The fourth-order valence-electron chi connectivity index (χ4n) is 3.95. The van der Waals surface area contributed by atoms with Crippen LogP contribution in [0.5, 0.6) is 0 Å². The van der Waals surface area contributed by atoms with Gasteiger partial charge in [-0.1, -0.05) is 42.5 Å². The first kappa shape index (κ1) is 21.5. The van der Waals surface area contributed by atoms with Crippen LogP contribution in [-0.2, 0) is 11.3 Å². The lowest BCUT2D eigenvalue weighted by Gasteiger charge is -2.13. The molecule has 0 radical (unpaired) electrons. The van der Waals surface area contributed by atoms with Gasteiger partial charge in [-0.15, -0.1) is 0 Å². The highest BCUT2D eigenvalue weighted by Crippen LogP contribution is 2.22. The number of benzene rings is 2. The summed E-state index contributed by atoms with van der Waals surface area (Å²) in [4.78, 5) is 38.7. The van der Waals surface area contributed by atoms with Crippen LogP contribution in [0.15, 0.2) is 54.6 Å². The molecule has 3 aromatic rings. The molecule has 0 fully saturated rings. The number of amides is 2. The molecule has 1 aromatic heterocycles. The van der Waals surface area contributed by atoms with Gasteiger partial charge >= 0.3 is 5.97 Å². The van der Waals surface area contributed by atoms with E-state index in [4.69, 9.17) is 4.74 Å². The molecule has 4 rings (SSSR count). The first-order valence-electron chi connectivity index (χ1n) is 10.7. The maximum Gasteiger partial charge on any atom is 0.341 e. The summed E-state index contributed by atoms with van der Waals surface area (Å²) in [5, 5.41) is 4.49. The number of esters is 1. The molecule has 0 aliphatic carbocycles. The van der Waals surface area contributed by atoms with Gasteiger partial charge in [0.05, 0.1) is 35.7 Å². The fourth-order valence-corrected chi connectivity index (χ4v) is 3.95. The van der Waals surface area contributed by atoms with E-state index in [1.165, 1.54) is 4.90 Å². The van der Waals surface area contributed by atoms with Crippen molar-refractivity contribution in [3.63, 3.8) is 0 Å². The molecular formula is C25H25N3O4. The number of fused-ring (bicyclic) bond motifs is 1. The number of ether oxygens (including phenoxy) is 1. The molecule has 0 bridgehead atoms. The summed E-state index contributed by atoms with van der Waals surface area (Å²) in [6.45, 7) is 4.76. The van der Waals surface area contributed by atoms with Gasteiger partial charge in [-0.3, -0.25) is 19.2 Å². The van der Waals surface area contributed by atoms with Crippen molar-refractivity contribution in [2.24, 2.45) is 0 Å². The molecule has 7 heteroatoms. The van der Waals surface area contributed by atoms with Gasteiger partial charge in [0.2, 0.25) is 0 Å². The van der Waals surface area contributed by atoms with Crippen LogP contribution in [0.25, 0.3) is 0 Å². The number of hydrogen-bond acceptors (Lipinski definition) is 5. The van der Waals surface area contributed by atoms with E-state index in [2.05, 4.69) is 5.10 Å². The molecule has 2 heterocycles. The number of carbonyl (C=O) groups is 3. The molecule has 0 atom stereocenters. The van der Waals surface area contributed by atoms with Crippen molar-refractivity contribution in [1.82, 2.24) is 14.7 Å². The normalized spacial score (nSPS) is 12.9. The van der Waals surface area contributed by atoms with E-state index in [9.17, 15) is 14.4 Å². The lowest BCUT2D eigenvalue weighted by Crippen LogP contribution is -2.30. The summed E-state index contributed by atoms with van der Waals surface area (Å²) in [6, 6.07) is 16.8. The van der Waals surface area contributed by atoms with Gasteiger partial charge in [0.15, 0.2) is 0 Å². The number of carbonyl (C=O) groups excluding carboxylic acids is 3. The summed E-state index contributed by atoms with van der Waals surface area (Å²) < 4.78 is 7.26. The van der Waals surface area contributed by atoms with Crippen LogP contribution in [0.1, 0.15) is 60.9 Å². The first-order valence-corrected chi connectivity index (χ1v) is 10.7. The minimum atomic E-state index is -0.403. The molecule has 0 spiro atoms. The SMILES string of the molecule is Cc1nn(Cc2ccccc2)c(C)c1C(=O)OCCCCN1C(=O)c2ccccc2C1=O. The largest absolute Gasteiger partial charge is 0.462 e. The van der Waals surface area contributed by atoms with Gasteiger partial charge in [0.25, 0.3) is 11.8 Å². The van der Waals surface area contributed by atoms with Gasteiger partial charge in [0.1, 0.15) is 5.56 Å². The van der Waals surface area contributed by atoms with Crippen molar-refractivity contribution in [2.45, 2.75) is 33.2 Å². The number of hydrogen-bond donors (Lipinski definition) is 0. The molecule has 0 unspecified atom stereocenters. The van der Waals surface area contributed by atoms with Crippen molar-refractivity contribution >= 4 is 17.8 Å². The molecule has 0 saturated carbocycles. The molecule has 2 amide bonds. The second-order valence-corrected chi connectivity index (χ2v) is 7.84. The molecule has 7 nitrogen and oxygen atoms in total. The summed E-state index contributed by atoms with van der Waals surface area (Å²) in [7, 11) is 0. The Morgan fingerprint density at radius 3 is 2.19 bits per heavy atom. The predicted octanol–water partition coefficient (Wildman–Crippen LogP) is 3.78. The minimum absolute atomic E-state index is 0.213.